The molecule has 0 saturated carbocycles. The molecule has 8 heteroatoms. The molecule has 0 aliphatic rings. The first kappa shape index (κ1) is 14.6. The summed E-state index contributed by atoms with van der Waals surface area (Å²) in [7, 11) is 0. The Labute approximate surface area is 109 Å². The van der Waals surface area contributed by atoms with E-state index in [0.29, 0.717) is 6.42 Å². The number of nitrogens with one attached hydrogen (secondary N) is 1. The maximum atomic E-state index is 11.9. The minimum Gasteiger partial charge on any atom is -0.480 e. The molecule has 8 nitrogen and oxygen atoms in total. The highest BCUT2D eigenvalue weighted by atomic mass is 16.4. The molecule has 1 aromatic heterocycles. The Kier molecular flexibility index (Phi) is 4.92. The quantitative estimate of drug-likeness (QED) is 0.638. The minimum atomic E-state index is -1.15. The number of carboxylic acids is 1. The van der Waals surface area contributed by atoms with E-state index < -0.39 is 23.8 Å². The van der Waals surface area contributed by atoms with E-state index in [1.54, 1.807) is 6.92 Å². The number of carbonyl (C=O) groups excluding carboxylic acids is 2. The number of nitrogens with two attached hydrogens (primary N) is 1. The van der Waals surface area contributed by atoms with Gasteiger partial charge in [0.15, 0.2) is 11.4 Å². The Morgan fingerprint density at radius 3 is 2.37 bits per heavy atom. The molecule has 0 saturated heterocycles. The van der Waals surface area contributed by atoms with E-state index in [0.717, 1.165) is 0 Å². The van der Waals surface area contributed by atoms with Gasteiger partial charge in [-0.05, 0) is 6.42 Å². The van der Waals surface area contributed by atoms with Gasteiger partial charge in [0.1, 0.15) is 6.04 Å². The number of nitrogens with zero attached hydrogens (tertiary/aromatic N) is 2. The summed E-state index contributed by atoms with van der Waals surface area (Å²) in [6.45, 7) is 1.79. The molecule has 0 aliphatic heterocycles. The number of carbonyl (C=O) groups is 3. The van der Waals surface area contributed by atoms with Crippen molar-refractivity contribution in [2.75, 3.05) is 0 Å². The van der Waals surface area contributed by atoms with Crippen molar-refractivity contribution in [2.24, 2.45) is 5.73 Å². The molecule has 1 atom stereocenters. The van der Waals surface area contributed by atoms with Crippen molar-refractivity contribution in [1.82, 2.24) is 15.3 Å². The van der Waals surface area contributed by atoms with Crippen LogP contribution in [-0.2, 0) is 4.79 Å². The highest BCUT2D eigenvalue weighted by molar-refractivity contribution is 6.04. The van der Waals surface area contributed by atoms with Gasteiger partial charge in [0.05, 0.1) is 0 Å². The lowest BCUT2D eigenvalue weighted by Gasteiger charge is -2.13. The summed E-state index contributed by atoms with van der Waals surface area (Å²) in [5.41, 5.74) is 4.49. The van der Waals surface area contributed by atoms with Gasteiger partial charge in [-0.15, -0.1) is 0 Å². The molecule has 1 unspecified atom stereocenters. The van der Waals surface area contributed by atoms with Crippen molar-refractivity contribution in [1.29, 1.82) is 0 Å². The van der Waals surface area contributed by atoms with E-state index in [2.05, 4.69) is 15.3 Å². The third kappa shape index (κ3) is 3.73. The van der Waals surface area contributed by atoms with Crippen LogP contribution in [0.15, 0.2) is 12.4 Å². The molecule has 0 aromatic carbocycles. The van der Waals surface area contributed by atoms with E-state index >= 15 is 0 Å². The number of primary amides is 1. The summed E-state index contributed by atoms with van der Waals surface area (Å²) < 4.78 is 0. The summed E-state index contributed by atoms with van der Waals surface area (Å²) in [5.74, 6) is -2.84. The van der Waals surface area contributed by atoms with Crippen LogP contribution in [0.1, 0.15) is 40.7 Å². The Hall–Kier alpha value is -2.51. The van der Waals surface area contributed by atoms with Gasteiger partial charge in [0.2, 0.25) is 0 Å². The second-order valence-electron chi connectivity index (χ2n) is 3.77. The van der Waals surface area contributed by atoms with Crippen molar-refractivity contribution in [3.8, 4) is 0 Å². The zero-order chi connectivity index (χ0) is 14.4. The Morgan fingerprint density at radius 1 is 1.32 bits per heavy atom. The van der Waals surface area contributed by atoms with Crippen molar-refractivity contribution in [3.63, 3.8) is 0 Å². The molecule has 102 valence electrons. The number of aliphatic carboxylic acids is 1. The smallest absolute Gasteiger partial charge is 0.326 e. The average Bonchev–Trinajstić information content (AvgIpc) is 2.37. The predicted molar refractivity (Wildman–Crippen MR) is 64.3 cm³/mol. The van der Waals surface area contributed by atoms with Crippen LogP contribution >= 0.6 is 0 Å². The van der Waals surface area contributed by atoms with E-state index in [1.165, 1.54) is 12.4 Å². The summed E-state index contributed by atoms with van der Waals surface area (Å²) in [6, 6.07) is -1.04. The molecule has 0 radical (unpaired) electrons. The van der Waals surface area contributed by atoms with Crippen molar-refractivity contribution >= 4 is 17.8 Å². The molecule has 1 heterocycles. The van der Waals surface area contributed by atoms with Gasteiger partial charge in [-0.3, -0.25) is 9.59 Å². The number of carboxylic acid groups (broad SMARTS) is 1. The lowest BCUT2D eigenvalue weighted by Crippen LogP contribution is -2.41. The predicted octanol–water partition coefficient (Wildman–Crippen LogP) is -0.441. The van der Waals surface area contributed by atoms with Crippen LogP contribution in [0.2, 0.25) is 0 Å². The first-order chi connectivity index (χ1) is 8.97. The third-order valence-corrected chi connectivity index (χ3v) is 2.33. The fourth-order valence-corrected chi connectivity index (χ4v) is 1.46. The van der Waals surface area contributed by atoms with Crippen LogP contribution in [0.4, 0.5) is 0 Å². The monoisotopic (exact) mass is 266 g/mol. The van der Waals surface area contributed by atoms with Crippen molar-refractivity contribution in [2.45, 2.75) is 25.8 Å². The maximum Gasteiger partial charge on any atom is 0.326 e. The van der Waals surface area contributed by atoms with Crippen LogP contribution in [-0.4, -0.2) is 38.9 Å². The fraction of sp³-hybridized carbons (Fsp3) is 0.364. The number of hydrogen-bond donors (Lipinski definition) is 3. The summed E-state index contributed by atoms with van der Waals surface area (Å²) in [6.07, 6.45) is 3.29. The third-order valence-electron chi connectivity index (χ3n) is 2.33. The molecule has 1 rings (SSSR count). The first-order valence-electron chi connectivity index (χ1n) is 5.61. The van der Waals surface area contributed by atoms with Crippen LogP contribution in [0.25, 0.3) is 0 Å². The molecule has 0 bridgehead atoms. The number of hydrogen-bond acceptors (Lipinski definition) is 5. The zero-order valence-electron chi connectivity index (χ0n) is 10.3. The fourth-order valence-electron chi connectivity index (χ4n) is 1.46. The Bertz CT molecular complexity index is 503. The average molecular weight is 266 g/mol. The van der Waals surface area contributed by atoms with E-state index in [9.17, 15) is 14.4 Å². The van der Waals surface area contributed by atoms with Gasteiger partial charge in [-0.1, -0.05) is 13.3 Å². The van der Waals surface area contributed by atoms with Crippen molar-refractivity contribution in [3.05, 3.63) is 23.8 Å². The highest BCUT2D eigenvalue weighted by Crippen LogP contribution is 2.03. The largest absolute Gasteiger partial charge is 0.480 e. The van der Waals surface area contributed by atoms with Crippen LogP contribution in [0.3, 0.4) is 0 Å². The summed E-state index contributed by atoms with van der Waals surface area (Å²) in [5, 5.41) is 11.2. The number of aromatic nitrogens is 2. The highest BCUT2D eigenvalue weighted by Gasteiger charge is 2.23. The topological polar surface area (TPSA) is 135 Å². The molecule has 0 fully saturated rings. The van der Waals surface area contributed by atoms with Crippen LogP contribution in [0.5, 0.6) is 0 Å². The normalized spacial score (nSPS) is 11.6. The van der Waals surface area contributed by atoms with Gasteiger partial charge < -0.3 is 16.2 Å². The molecular weight excluding hydrogens is 252 g/mol. The van der Waals surface area contributed by atoms with Gasteiger partial charge in [-0.25, -0.2) is 14.8 Å². The number of amides is 2. The molecule has 1 aromatic rings. The second kappa shape index (κ2) is 6.43. The van der Waals surface area contributed by atoms with Crippen LogP contribution in [0, 0.1) is 0 Å². The summed E-state index contributed by atoms with van der Waals surface area (Å²) >= 11 is 0. The standard InChI is InChI=1S/C11H14N4O4/c1-2-3-6(11(18)19)15-10(17)8-7(9(12)16)13-4-5-14-8/h4-6H,2-3H2,1H3,(H2,12,16)(H,15,17)(H,18,19). The maximum absolute atomic E-state index is 11.9. The van der Waals surface area contributed by atoms with Crippen LogP contribution < -0.4 is 11.1 Å². The number of rotatable bonds is 6. The molecular formula is C11H14N4O4. The molecule has 2 amide bonds. The molecule has 19 heavy (non-hydrogen) atoms. The van der Waals surface area contributed by atoms with Gasteiger partial charge in [0.25, 0.3) is 11.8 Å². The Morgan fingerprint density at radius 2 is 1.89 bits per heavy atom. The SMILES string of the molecule is CCCC(NC(=O)c1nccnc1C(N)=O)C(=O)O. The summed E-state index contributed by atoms with van der Waals surface area (Å²) in [4.78, 5) is 41.3. The second-order valence-corrected chi connectivity index (χ2v) is 3.77. The van der Waals surface area contributed by atoms with E-state index in [4.69, 9.17) is 10.8 Å². The van der Waals surface area contributed by atoms with Gasteiger partial charge in [0, 0.05) is 12.4 Å². The minimum absolute atomic E-state index is 0.271. The molecule has 0 spiro atoms. The van der Waals surface area contributed by atoms with Gasteiger partial charge in [-0.2, -0.15) is 0 Å². The Balaban J connectivity index is 2.94. The molecule has 0 aliphatic carbocycles. The van der Waals surface area contributed by atoms with E-state index in [-0.39, 0.29) is 17.8 Å². The van der Waals surface area contributed by atoms with E-state index in [1.807, 2.05) is 0 Å². The first-order valence-corrected chi connectivity index (χ1v) is 5.61. The lowest BCUT2D eigenvalue weighted by molar-refractivity contribution is -0.139. The zero-order valence-corrected chi connectivity index (χ0v) is 10.3. The molecule has 4 N–H and O–H groups in total. The lowest BCUT2D eigenvalue weighted by atomic mass is 10.1. The van der Waals surface area contributed by atoms with Gasteiger partial charge >= 0.3 is 5.97 Å². The van der Waals surface area contributed by atoms with Crippen molar-refractivity contribution < 1.29 is 19.5 Å².